The zero-order valence-electron chi connectivity index (χ0n) is 8.42. The van der Waals surface area contributed by atoms with E-state index in [0.717, 1.165) is 8.95 Å². The van der Waals surface area contributed by atoms with E-state index in [9.17, 15) is 9.59 Å². The van der Waals surface area contributed by atoms with Crippen LogP contribution in [0.3, 0.4) is 0 Å². The third kappa shape index (κ3) is 3.94. The lowest BCUT2D eigenvalue weighted by molar-refractivity contribution is -0.139. The summed E-state index contributed by atoms with van der Waals surface area (Å²) in [5, 5.41) is 2.45. The summed E-state index contributed by atoms with van der Waals surface area (Å²) >= 11 is 6.55. The van der Waals surface area contributed by atoms with Crippen molar-refractivity contribution < 1.29 is 14.3 Å². The largest absolute Gasteiger partial charge is 0.468 e. The van der Waals surface area contributed by atoms with E-state index >= 15 is 0 Å². The van der Waals surface area contributed by atoms with Crippen LogP contribution in [0.1, 0.15) is 10.4 Å². The third-order valence-corrected chi connectivity index (χ3v) is 2.66. The molecule has 1 N–H and O–H groups in total. The highest BCUT2D eigenvalue weighted by molar-refractivity contribution is 9.11. The van der Waals surface area contributed by atoms with Crippen LogP contribution in [-0.4, -0.2) is 25.5 Å². The molecule has 0 unspecified atom stereocenters. The van der Waals surface area contributed by atoms with Gasteiger partial charge in [-0.15, -0.1) is 0 Å². The fourth-order valence-corrected chi connectivity index (χ4v) is 2.31. The van der Waals surface area contributed by atoms with Crippen LogP contribution in [0.4, 0.5) is 0 Å². The molecule has 0 atom stereocenters. The summed E-state index contributed by atoms with van der Waals surface area (Å²) in [6.07, 6.45) is 0. The van der Waals surface area contributed by atoms with Crippen LogP contribution in [0.15, 0.2) is 27.1 Å². The van der Waals surface area contributed by atoms with Gasteiger partial charge in [-0.25, -0.2) is 0 Å². The number of esters is 1. The molecule has 0 aliphatic carbocycles. The summed E-state index contributed by atoms with van der Waals surface area (Å²) in [4.78, 5) is 22.4. The Balaban J connectivity index is 2.69. The van der Waals surface area contributed by atoms with Gasteiger partial charge >= 0.3 is 5.97 Å². The summed E-state index contributed by atoms with van der Waals surface area (Å²) in [6, 6.07) is 5.14. The van der Waals surface area contributed by atoms with Crippen LogP contribution < -0.4 is 5.32 Å². The number of hydrogen-bond donors (Lipinski definition) is 1. The first-order chi connectivity index (χ1) is 7.52. The molecule has 6 heteroatoms. The van der Waals surface area contributed by atoms with Gasteiger partial charge in [0.25, 0.3) is 5.91 Å². The molecule has 0 spiro atoms. The van der Waals surface area contributed by atoms with Crippen molar-refractivity contribution in [2.45, 2.75) is 0 Å². The van der Waals surface area contributed by atoms with Crippen LogP contribution >= 0.6 is 31.9 Å². The Kier molecular flexibility index (Phi) is 4.95. The van der Waals surface area contributed by atoms with Crippen molar-refractivity contribution in [1.82, 2.24) is 5.32 Å². The van der Waals surface area contributed by atoms with Crippen molar-refractivity contribution in [3.63, 3.8) is 0 Å². The predicted octanol–water partition coefficient (Wildman–Crippen LogP) is 2.11. The number of carbonyl (C=O) groups excluding carboxylic acids is 2. The Morgan fingerprint density at radius 1 is 1.25 bits per heavy atom. The van der Waals surface area contributed by atoms with Crippen LogP contribution in [0.2, 0.25) is 0 Å². The molecule has 4 nitrogen and oxygen atoms in total. The highest BCUT2D eigenvalue weighted by Gasteiger charge is 2.09. The first-order valence-corrected chi connectivity index (χ1v) is 5.92. The molecule has 0 heterocycles. The highest BCUT2D eigenvalue weighted by Crippen LogP contribution is 2.19. The molecule has 0 aromatic heterocycles. The van der Waals surface area contributed by atoms with Gasteiger partial charge in [0, 0.05) is 14.5 Å². The maximum atomic E-state index is 11.6. The second-order valence-electron chi connectivity index (χ2n) is 2.92. The minimum Gasteiger partial charge on any atom is -0.468 e. The van der Waals surface area contributed by atoms with Gasteiger partial charge in [-0.05, 0) is 18.2 Å². The Morgan fingerprint density at radius 3 is 2.31 bits per heavy atom. The number of nitrogens with one attached hydrogen (secondary N) is 1. The number of carbonyl (C=O) groups is 2. The standard InChI is InChI=1S/C10H9Br2NO3/c1-16-9(14)5-13-10(15)6-2-7(11)4-8(12)3-6/h2-4H,5H2,1H3,(H,13,15). The quantitative estimate of drug-likeness (QED) is 0.849. The van der Waals surface area contributed by atoms with E-state index in [1.807, 2.05) is 6.07 Å². The van der Waals surface area contributed by atoms with E-state index in [0.29, 0.717) is 5.56 Å². The first kappa shape index (κ1) is 13.2. The lowest BCUT2D eigenvalue weighted by Gasteiger charge is -2.04. The number of hydrogen-bond acceptors (Lipinski definition) is 3. The van der Waals surface area contributed by atoms with E-state index in [2.05, 4.69) is 41.9 Å². The minimum atomic E-state index is -0.484. The molecular weight excluding hydrogens is 342 g/mol. The monoisotopic (exact) mass is 349 g/mol. The van der Waals surface area contributed by atoms with Gasteiger partial charge in [-0.3, -0.25) is 9.59 Å². The van der Waals surface area contributed by atoms with Crippen LogP contribution in [0.25, 0.3) is 0 Å². The molecule has 0 saturated carbocycles. The van der Waals surface area contributed by atoms with Crippen molar-refractivity contribution in [2.24, 2.45) is 0 Å². The number of halogens is 2. The minimum absolute atomic E-state index is 0.139. The second-order valence-corrected chi connectivity index (χ2v) is 4.75. The van der Waals surface area contributed by atoms with Gasteiger partial charge in [-0.1, -0.05) is 31.9 Å². The van der Waals surface area contributed by atoms with Gasteiger partial charge < -0.3 is 10.1 Å². The molecule has 0 aliphatic rings. The van der Waals surface area contributed by atoms with E-state index < -0.39 is 5.97 Å². The smallest absolute Gasteiger partial charge is 0.325 e. The lowest BCUT2D eigenvalue weighted by Crippen LogP contribution is -2.30. The number of ether oxygens (including phenoxy) is 1. The summed E-state index contributed by atoms with van der Waals surface area (Å²) in [5.74, 6) is -0.810. The fraction of sp³-hybridized carbons (Fsp3) is 0.200. The Morgan fingerprint density at radius 2 is 1.81 bits per heavy atom. The number of rotatable bonds is 3. The molecule has 1 aromatic carbocycles. The van der Waals surface area contributed by atoms with Gasteiger partial charge in [0.1, 0.15) is 6.54 Å². The molecular formula is C10H9Br2NO3. The first-order valence-electron chi connectivity index (χ1n) is 4.34. The van der Waals surface area contributed by atoms with Crippen LogP contribution in [-0.2, 0) is 9.53 Å². The Labute approximate surface area is 110 Å². The predicted molar refractivity (Wildman–Crippen MR) is 66.2 cm³/mol. The van der Waals surface area contributed by atoms with E-state index in [-0.39, 0.29) is 12.5 Å². The van der Waals surface area contributed by atoms with Gasteiger partial charge in [-0.2, -0.15) is 0 Å². The third-order valence-electron chi connectivity index (χ3n) is 1.75. The molecule has 0 saturated heterocycles. The number of amides is 1. The lowest BCUT2D eigenvalue weighted by atomic mass is 10.2. The van der Waals surface area contributed by atoms with E-state index in [4.69, 9.17) is 0 Å². The summed E-state index contributed by atoms with van der Waals surface area (Å²) < 4.78 is 5.98. The van der Waals surface area contributed by atoms with Crippen LogP contribution in [0.5, 0.6) is 0 Å². The molecule has 16 heavy (non-hydrogen) atoms. The van der Waals surface area contributed by atoms with E-state index in [1.54, 1.807) is 12.1 Å². The molecule has 0 fully saturated rings. The van der Waals surface area contributed by atoms with Crippen molar-refractivity contribution in [3.8, 4) is 0 Å². The van der Waals surface area contributed by atoms with Gasteiger partial charge in [0.15, 0.2) is 0 Å². The highest BCUT2D eigenvalue weighted by atomic mass is 79.9. The average molecular weight is 351 g/mol. The molecule has 1 aromatic rings. The van der Waals surface area contributed by atoms with Crippen molar-refractivity contribution >= 4 is 43.7 Å². The van der Waals surface area contributed by atoms with E-state index in [1.165, 1.54) is 7.11 Å². The molecule has 1 rings (SSSR count). The Hall–Kier alpha value is -0.880. The normalized spacial score (nSPS) is 9.69. The molecule has 1 amide bonds. The molecule has 0 aliphatic heterocycles. The number of methoxy groups -OCH3 is 1. The van der Waals surface area contributed by atoms with Crippen LogP contribution in [0, 0.1) is 0 Å². The van der Waals surface area contributed by atoms with Crippen molar-refractivity contribution in [1.29, 1.82) is 0 Å². The maximum Gasteiger partial charge on any atom is 0.325 e. The Bertz CT molecular complexity index is 400. The summed E-state index contributed by atoms with van der Waals surface area (Å²) in [6.45, 7) is -0.139. The number of benzene rings is 1. The molecule has 0 radical (unpaired) electrons. The van der Waals surface area contributed by atoms with Crippen molar-refractivity contribution in [2.75, 3.05) is 13.7 Å². The van der Waals surface area contributed by atoms with Gasteiger partial charge in [0.2, 0.25) is 0 Å². The van der Waals surface area contributed by atoms with Gasteiger partial charge in [0.05, 0.1) is 7.11 Å². The molecule has 86 valence electrons. The SMILES string of the molecule is COC(=O)CNC(=O)c1cc(Br)cc(Br)c1. The summed E-state index contributed by atoms with van der Waals surface area (Å²) in [7, 11) is 1.27. The topological polar surface area (TPSA) is 55.4 Å². The summed E-state index contributed by atoms with van der Waals surface area (Å²) in [5.41, 5.74) is 0.463. The zero-order valence-corrected chi connectivity index (χ0v) is 11.6. The maximum absolute atomic E-state index is 11.6. The average Bonchev–Trinajstić information content (AvgIpc) is 2.23. The second kappa shape index (κ2) is 6.00. The fourth-order valence-electron chi connectivity index (χ4n) is 1.01. The van der Waals surface area contributed by atoms with Crippen molar-refractivity contribution in [3.05, 3.63) is 32.7 Å². The molecule has 0 bridgehead atoms. The zero-order chi connectivity index (χ0) is 12.1.